The average Bonchev–Trinajstić information content (AvgIpc) is 3.17. The highest BCUT2D eigenvalue weighted by atomic mass is 19.1. The van der Waals surface area contributed by atoms with Crippen LogP contribution in [0.25, 0.3) is 16.9 Å². The number of hydrogen-bond acceptors (Lipinski definition) is 4. The SMILES string of the molecule is COc1ccc(-c2nn(-c3ccccc3C)cc2CN(C)CC2CCCN(C)C2)cc1F. The monoisotopic (exact) mass is 436 g/mol. The normalized spacial score (nSPS) is 17.1. The highest BCUT2D eigenvalue weighted by molar-refractivity contribution is 5.64. The van der Waals surface area contributed by atoms with Crippen LogP contribution < -0.4 is 4.74 Å². The summed E-state index contributed by atoms with van der Waals surface area (Å²) in [6.07, 6.45) is 4.62. The van der Waals surface area contributed by atoms with Crippen molar-refractivity contribution in [2.24, 2.45) is 5.92 Å². The van der Waals surface area contributed by atoms with Gasteiger partial charge < -0.3 is 14.5 Å². The van der Waals surface area contributed by atoms with E-state index in [0.29, 0.717) is 5.92 Å². The number of nitrogens with zero attached hydrogens (tertiary/aromatic N) is 4. The highest BCUT2D eigenvalue weighted by Gasteiger charge is 2.21. The zero-order valence-electron chi connectivity index (χ0n) is 19.5. The number of para-hydroxylation sites is 1. The Morgan fingerprint density at radius 3 is 2.75 bits per heavy atom. The minimum Gasteiger partial charge on any atom is -0.494 e. The highest BCUT2D eigenvalue weighted by Crippen LogP contribution is 2.29. The zero-order valence-corrected chi connectivity index (χ0v) is 19.5. The standard InChI is InChI=1S/C26H33FN4O/c1-19-8-5-6-10-24(19)31-18-22(17-30(3)16-20-9-7-13-29(2)15-20)26(28-31)21-11-12-25(32-4)23(27)14-21/h5-6,8,10-12,14,18,20H,7,9,13,15-17H2,1-4H3. The molecule has 1 aliphatic rings. The number of aryl methyl sites for hydroxylation is 1. The summed E-state index contributed by atoms with van der Waals surface area (Å²) in [5.74, 6) is 0.541. The van der Waals surface area contributed by atoms with Crippen molar-refractivity contribution >= 4 is 0 Å². The summed E-state index contributed by atoms with van der Waals surface area (Å²) in [5.41, 5.74) is 4.83. The number of hydrogen-bond donors (Lipinski definition) is 0. The van der Waals surface area contributed by atoms with Crippen LogP contribution in [0.1, 0.15) is 24.0 Å². The quantitative estimate of drug-likeness (QED) is 0.534. The van der Waals surface area contributed by atoms with Crippen molar-refractivity contribution < 1.29 is 9.13 Å². The van der Waals surface area contributed by atoms with E-state index in [4.69, 9.17) is 9.84 Å². The van der Waals surface area contributed by atoms with Crippen molar-refractivity contribution in [3.63, 3.8) is 0 Å². The van der Waals surface area contributed by atoms with Gasteiger partial charge in [0.25, 0.3) is 0 Å². The number of likely N-dealkylation sites (tertiary alicyclic amines) is 1. The summed E-state index contributed by atoms with van der Waals surface area (Å²) < 4.78 is 21.5. The molecule has 2 aromatic carbocycles. The van der Waals surface area contributed by atoms with Crippen molar-refractivity contribution in [2.75, 3.05) is 40.8 Å². The molecule has 0 amide bonds. The van der Waals surface area contributed by atoms with Crippen LogP contribution in [-0.4, -0.2) is 60.4 Å². The summed E-state index contributed by atoms with van der Waals surface area (Å²) in [6.45, 7) is 6.21. The summed E-state index contributed by atoms with van der Waals surface area (Å²) >= 11 is 0. The zero-order chi connectivity index (χ0) is 22.7. The largest absolute Gasteiger partial charge is 0.494 e. The van der Waals surface area contributed by atoms with Crippen LogP contribution in [0.2, 0.25) is 0 Å². The van der Waals surface area contributed by atoms with Gasteiger partial charge in [0.2, 0.25) is 0 Å². The van der Waals surface area contributed by atoms with E-state index in [1.54, 1.807) is 6.07 Å². The number of methoxy groups -OCH3 is 1. The van der Waals surface area contributed by atoms with Gasteiger partial charge in [0.05, 0.1) is 18.5 Å². The fourth-order valence-electron chi connectivity index (χ4n) is 4.74. The number of aromatic nitrogens is 2. The molecule has 0 saturated carbocycles. The Morgan fingerprint density at radius 2 is 2.03 bits per heavy atom. The average molecular weight is 437 g/mol. The van der Waals surface area contributed by atoms with Gasteiger partial charge in [-0.25, -0.2) is 9.07 Å². The van der Waals surface area contributed by atoms with Gasteiger partial charge in [-0.3, -0.25) is 0 Å². The smallest absolute Gasteiger partial charge is 0.165 e. The molecule has 1 unspecified atom stereocenters. The van der Waals surface area contributed by atoms with Gasteiger partial charge in [-0.15, -0.1) is 0 Å². The maximum atomic E-state index is 14.5. The Bertz CT molecular complexity index is 1060. The van der Waals surface area contributed by atoms with E-state index in [1.165, 1.54) is 32.6 Å². The molecule has 2 heterocycles. The van der Waals surface area contributed by atoms with E-state index in [9.17, 15) is 4.39 Å². The molecule has 4 rings (SSSR count). The number of piperidine rings is 1. The van der Waals surface area contributed by atoms with Crippen LogP contribution in [0.3, 0.4) is 0 Å². The molecule has 0 radical (unpaired) electrons. The topological polar surface area (TPSA) is 33.5 Å². The second kappa shape index (κ2) is 9.84. The third-order valence-corrected chi connectivity index (χ3v) is 6.31. The van der Waals surface area contributed by atoms with Crippen LogP contribution in [0.4, 0.5) is 4.39 Å². The first kappa shape index (κ1) is 22.5. The molecule has 3 aromatic rings. The summed E-state index contributed by atoms with van der Waals surface area (Å²) in [7, 11) is 5.85. The number of benzene rings is 2. The fraction of sp³-hybridized carbons (Fsp3) is 0.423. The molecule has 1 atom stereocenters. The number of rotatable bonds is 7. The van der Waals surface area contributed by atoms with Crippen LogP contribution in [-0.2, 0) is 6.54 Å². The molecule has 0 aliphatic carbocycles. The lowest BCUT2D eigenvalue weighted by Crippen LogP contribution is -2.37. The van der Waals surface area contributed by atoms with Gasteiger partial charge in [-0.05, 0) is 76.2 Å². The Labute approximate surface area is 190 Å². The van der Waals surface area contributed by atoms with Gasteiger partial charge in [-0.2, -0.15) is 5.10 Å². The Hall–Kier alpha value is -2.70. The Morgan fingerprint density at radius 1 is 1.22 bits per heavy atom. The molecule has 0 bridgehead atoms. The van der Waals surface area contributed by atoms with Crippen molar-refractivity contribution in [1.29, 1.82) is 0 Å². The second-order valence-electron chi connectivity index (χ2n) is 9.05. The molecule has 6 heteroatoms. The summed E-state index contributed by atoms with van der Waals surface area (Å²) in [6, 6.07) is 13.2. The van der Waals surface area contributed by atoms with E-state index >= 15 is 0 Å². The van der Waals surface area contributed by atoms with E-state index < -0.39 is 0 Å². The van der Waals surface area contributed by atoms with Gasteiger partial charge >= 0.3 is 0 Å². The van der Waals surface area contributed by atoms with Crippen LogP contribution in [0.15, 0.2) is 48.7 Å². The molecule has 0 N–H and O–H groups in total. The van der Waals surface area contributed by atoms with Gasteiger partial charge in [0.15, 0.2) is 11.6 Å². The van der Waals surface area contributed by atoms with Crippen LogP contribution in [0, 0.1) is 18.7 Å². The van der Waals surface area contributed by atoms with Crippen molar-refractivity contribution in [3.05, 3.63) is 65.6 Å². The second-order valence-corrected chi connectivity index (χ2v) is 9.05. The molecular weight excluding hydrogens is 403 g/mol. The van der Waals surface area contributed by atoms with Gasteiger partial charge in [0.1, 0.15) is 0 Å². The number of ether oxygens (including phenoxy) is 1. The van der Waals surface area contributed by atoms with Crippen molar-refractivity contribution in [3.8, 4) is 22.7 Å². The molecule has 32 heavy (non-hydrogen) atoms. The minimum atomic E-state index is -0.375. The van der Waals surface area contributed by atoms with Crippen molar-refractivity contribution in [1.82, 2.24) is 19.6 Å². The minimum absolute atomic E-state index is 0.243. The molecule has 170 valence electrons. The predicted molar refractivity (Wildman–Crippen MR) is 127 cm³/mol. The van der Waals surface area contributed by atoms with E-state index in [0.717, 1.165) is 47.7 Å². The Kier molecular flexibility index (Phi) is 6.92. The first-order chi connectivity index (χ1) is 15.4. The molecule has 0 spiro atoms. The molecule has 5 nitrogen and oxygen atoms in total. The molecule has 1 saturated heterocycles. The lowest BCUT2D eigenvalue weighted by Gasteiger charge is -2.32. The third-order valence-electron chi connectivity index (χ3n) is 6.31. The molecule has 1 aliphatic heterocycles. The lowest BCUT2D eigenvalue weighted by atomic mass is 9.98. The third kappa shape index (κ3) is 5.03. The molecule has 1 aromatic heterocycles. The molecular formula is C26H33FN4O. The van der Waals surface area contributed by atoms with E-state index in [2.05, 4.69) is 49.1 Å². The predicted octanol–water partition coefficient (Wildman–Crippen LogP) is 4.77. The van der Waals surface area contributed by atoms with Crippen molar-refractivity contribution in [2.45, 2.75) is 26.3 Å². The molecule has 1 fully saturated rings. The summed E-state index contributed by atoms with van der Waals surface area (Å²) in [4.78, 5) is 4.79. The maximum Gasteiger partial charge on any atom is 0.165 e. The number of halogens is 1. The first-order valence-corrected chi connectivity index (χ1v) is 11.3. The van der Waals surface area contributed by atoms with E-state index in [-0.39, 0.29) is 11.6 Å². The Balaban J connectivity index is 1.65. The lowest BCUT2D eigenvalue weighted by molar-refractivity contribution is 0.164. The van der Waals surface area contributed by atoms with E-state index in [1.807, 2.05) is 22.9 Å². The fourth-order valence-corrected chi connectivity index (χ4v) is 4.74. The van der Waals surface area contributed by atoms with Gasteiger partial charge in [0, 0.05) is 37.0 Å². The van der Waals surface area contributed by atoms with Crippen LogP contribution in [0.5, 0.6) is 5.75 Å². The maximum absolute atomic E-state index is 14.5. The first-order valence-electron chi connectivity index (χ1n) is 11.3. The van der Waals surface area contributed by atoms with Gasteiger partial charge in [-0.1, -0.05) is 18.2 Å². The summed E-state index contributed by atoms with van der Waals surface area (Å²) in [5, 5.41) is 4.89. The van der Waals surface area contributed by atoms with Crippen LogP contribution >= 0.6 is 0 Å².